The summed E-state index contributed by atoms with van der Waals surface area (Å²) in [4.78, 5) is 16.1. The second kappa shape index (κ2) is 5.02. The molecule has 0 aliphatic rings. The molecule has 0 atom stereocenters. The lowest BCUT2D eigenvalue weighted by Gasteiger charge is -2.11. The molecule has 0 fully saturated rings. The van der Waals surface area contributed by atoms with Gasteiger partial charge in [0.25, 0.3) is 5.56 Å². The number of rotatable bonds is 2. The zero-order valence-electron chi connectivity index (χ0n) is 10.1. The number of hydrogen-bond acceptors (Lipinski definition) is 2. The first kappa shape index (κ1) is 13.0. The molecule has 0 aliphatic heterocycles. The minimum Gasteiger partial charge on any atom is -0.291 e. The van der Waals surface area contributed by atoms with E-state index in [2.05, 4.69) is 20.9 Å². The van der Waals surface area contributed by atoms with E-state index in [9.17, 15) is 9.18 Å². The maximum atomic E-state index is 13.0. The van der Waals surface area contributed by atoms with Crippen LogP contribution in [0.3, 0.4) is 0 Å². The second-order valence-electron chi connectivity index (χ2n) is 4.12. The van der Waals surface area contributed by atoms with Crippen LogP contribution in [0.15, 0.2) is 33.7 Å². The second-order valence-corrected chi connectivity index (χ2v) is 4.97. The summed E-state index contributed by atoms with van der Waals surface area (Å²) in [6.07, 6.45) is 1.49. The van der Waals surface area contributed by atoms with Crippen molar-refractivity contribution in [3.8, 4) is 0 Å². The lowest BCUT2D eigenvalue weighted by molar-refractivity contribution is 0.623. The lowest BCUT2D eigenvalue weighted by atomic mass is 10.1. The van der Waals surface area contributed by atoms with Gasteiger partial charge in [-0.15, -0.1) is 0 Å². The number of halogens is 2. The summed E-state index contributed by atoms with van der Waals surface area (Å²) in [5.41, 5.74) is 1.59. The van der Waals surface area contributed by atoms with Crippen LogP contribution < -0.4 is 5.56 Å². The van der Waals surface area contributed by atoms with E-state index in [-0.39, 0.29) is 11.4 Å². The smallest absolute Gasteiger partial charge is 0.268 e. The lowest BCUT2D eigenvalue weighted by Crippen LogP contribution is -2.24. The minimum absolute atomic E-state index is 0.133. The molecule has 94 valence electrons. The van der Waals surface area contributed by atoms with Gasteiger partial charge in [-0.05, 0) is 53.0 Å². The molecule has 3 nitrogen and oxygen atoms in total. The highest BCUT2D eigenvalue weighted by molar-refractivity contribution is 9.10. The van der Waals surface area contributed by atoms with Crippen molar-refractivity contribution in [2.75, 3.05) is 0 Å². The normalized spacial score (nSPS) is 10.7. The highest BCUT2D eigenvalue weighted by Gasteiger charge is 2.08. The molecule has 1 aromatic heterocycles. The van der Waals surface area contributed by atoms with Crippen LogP contribution in [0.1, 0.15) is 17.0 Å². The highest BCUT2D eigenvalue weighted by Crippen LogP contribution is 2.12. The summed E-state index contributed by atoms with van der Waals surface area (Å²) in [5.74, 6) is 0.361. The quantitative estimate of drug-likeness (QED) is 0.855. The topological polar surface area (TPSA) is 34.9 Å². The average molecular weight is 311 g/mol. The molecule has 1 aromatic carbocycles. The average Bonchev–Trinajstić information content (AvgIpc) is 2.32. The molecule has 0 saturated heterocycles. The highest BCUT2D eigenvalue weighted by atomic mass is 79.9. The summed E-state index contributed by atoms with van der Waals surface area (Å²) in [6, 6.07) is 4.55. The molecule has 0 N–H and O–H groups in total. The number of aryl methyl sites for hydroxylation is 2. The van der Waals surface area contributed by atoms with Gasteiger partial charge in [0, 0.05) is 6.20 Å². The van der Waals surface area contributed by atoms with E-state index in [1.54, 1.807) is 17.6 Å². The van der Waals surface area contributed by atoms with E-state index in [4.69, 9.17) is 0 Å². The summed E-state index contributed by atoms with van der Waals surface area (Å²) < 4.78 is 15.0. The van der Waals surface area contributed by atoms with Crippen molar-refractivity contribution in [1.29, 1.82) is 0 Å². The molecule has 0 amide bonds. The summed E-state index contributed by atoms with van der Waals surface area (Å²) in [5, 5.41) is 0. The molecule has 0 bridgehead atoms. The molecule has 5 heteroatoms. The molecule has 2 rings (SSSR count). The maximum Gasteiger partial charge on any atom is 0.268 e. The van der Waals surface area contributed by atoms with Crippen LogP contribution in [0.5, 0.6) is 0 Å². The summed E-state index contributed by atoms with van der Waals surface area (Å²) in [6.45, 7) is 3.99. The van der Waals surface area contributed by atoms with Gasteiger partial charge in [0.1, 0.15) is 16.1 Å². The Balaban J connectivity index is 2.46. The van der Waals surface area contributed by atoms with Gasteiger partial charge in [-0.25, -0.2) is 9.37 Å². The summed E-state index contributed by atoms with van der Waals surface area (Å²) in [7, 11) is 0. The molecule has 0 unspecified atom stereocenters. The Kier molecular flexibility index (Phi) is 3.61. The third-order valence-corrected chi connectivity index (χ3v) is 3.38. The number of aromatic nitrogens is 2. The fourth-order valence-corrected chi connectivity index (χ4v) is 2.06. The maximum absolute atomic E-state index is 13.0. The largest absolute Gasteiger partial charge is 0.291 e. The van der Waals surface area contributed by atoms with Crippen molar-refractivity contribution in [3.05, 3.63) is 62.0 Å². The van der Waals surface area contributed by atoms with Crippen molar-refractivity contribution in [3.63, 3.8) is 0 Å². The van der Waals surface area contributed by atoms with Gasteiger partial charge in [0.15, 0.2) is 0 Å². The van der Waals surface area contributed by atoms with Gasteiger partial charge in [-0.3, -0.25) is 9.36 Å². The van der Waals surface area contributed by atoms with Crippen molar-refractivity contribution in [2.45, 2.75) is 20.4 Å². The van der Waals surface area contributed by atoms with E-state index in [0.717, 1.165) is 11.1 Å². The van der Waals surface area contributed by atoms with Crippen LogP contribution in [0.2, 0.25) is 0 Å². The number of benzene rings is 1. The Morgan fingerprint density at radius 2 is 2.11 bits per heavy atom. The van der Waals surface area contributed by atoms with Gasteiger partial charge in [0.2, 0.25) is 0 Å². The molecule has 0 aliphatic carbocycles. The molecule has 18 heavy (non-hydrogen) atoms. The van der Waals surface area contributed by atoms with Gasteiger partial charge in [-0.1, -0.05) is 6.07 Å². The Morgan fingerprint density at radius 3 is 2.78 bits per heavy atom. The molecule has 1 heterocycles. The SMILES string of the molecule is Cc1cc(F)ccc1Cn1c(C)ncc(Br)c1=O. The van der Waals surface area contributed by atoms with E-state index < -0.39 is 0 Å². The molecule has 2 aromatic rings. The van der Waals surface area contributed by atoms with E-state index in [0.29, 0.717) is 16.8 Å². The van der Waals surface area contributed by atoms with E-state index in [1.807, 2.05) is 6.92 Å². The van der Waals surface area contributed by atoms with Crippen molar-refractivity contribution in [1.82, 2.24) is 9.55 Å². The zero-order chi connectivity index (χ0) is 13.3. The first-order chi connectivity index (χ1) is 8.49. The molecular weight excluding hydrogens is 299 g/mol. The fourth-order valence-electron chi connectivity index (χ4n) is 1.74. The Morgan fingerprint density at radius 1 is 1.39 bits per heavy atom. The van der Waals surface area contributed by atoms with Gasteiger partial charge >= 0.3 is 0 Å². The van der Waals surface area contributed by atoms with E-state index >= 15 is 0 Å². The Hall–Kier alpha value is -1.49. The monoisotopic (exact) mass is 310 g/mol. The summed E-state index contributed by atoms with van der Waals surface area (Å²) >= 11 is 3.17. The van der Waals surface area contributed by atoms with Crippen LogP contribution in [0.25, 0.3) is 0 Å². The van der Waals surface area contributed by atoms with E-state index in [1.165, 1.54) is 18.3 Å². The molecule has 0 radical (unpaired) electrons. The van der Waals surface area contributed by atoms with Crippen LogP contribution in [-0.2, 0) is 6.54 Å². The van der Waals surface area contributed by atoms with Gasteiger partial charge < -0.3 is 0 Å². The van der Waals surface area contributed by atoms with Crippen molar-refractivity contribution < 1.29 is 4.39 Å². The Bertz CT molecular complexity index is 652. The fraction of sp³-hybridized carbons (Fsp3) is 0.231. The molecule has 0 spiro atoms. The molecule has 0 saturated carbocycles. The van der Waals surface area contributed by atoms with Crippen molar-refractivity contribution in [2.24, 2.45) is 0 Å². The van der Waals surface area contributed by atoms with Gasteiger partial charge in [-0.2, -0.15) is 0 Å². The first-order valence-electron chi connectivity index (χ1n) is 5.46. The molecular formula is C13H12BrFN2O. The minimum atomic E-state index is -0.271. The van der Waals surface area contributed by atoms with Crippen LogP contribution in [-0.4, -0.2) is 9.55 Å². The van der Waals surface area contributed by atoms with Crippen LogP contribution >= 0.6 is 15.9 Å². The number of hydrogen-bond donors (Lipinski definition) is 0. The first-order valence-corrected chi connectivity index (χ1v) is 6.25. The third-order valence-electron chi connectivity index (χ3n) is 2.84. The van der Waals surface area contributed by atoms with Crippen LogP contribution in [0, 0.1) is 19.7 Å². The predicted octanol–water partition coefficient (Wildman–Crippen LogP) is 2.81. The third kappa shape index (κ3) is 2.51. The number of nitrogens with zero attached hydrogens (tertiary/aromatic N) is 2. The standard InChI is InChI=1S/C13H12BrFN2O/c1-8-5-11(15)4-3-10(8)7-17-9(2)16-6-12(14)13(17)18/h3-6H,7H2,1-2H3. The predicted molar refractivity (Wildman–Crippen MR) is 71.2 cm³/mol. The zero-order valence-corrected chi connectivity index (χ0v) is 11.7. The van der Waals surface area contributed by atoms with Gasteiger partial charge in [0.05, 0.1) is 6.54 Å². The van der Waals surface area contributed by atoms with Crippen LogP contribution in [0.4, 0.5) is 4.39 Å². The van der Waals surface area contributed by atoms with Crippen molar-refractivity contribution >= 4 is 15.9 Å². The Labute approximate surface area is 112 Å².